The van der Waals surface area contributed by atoms with Crippen LogP contribution in [0.1, 0.15) is 25.2 Å². The number of benzene rings is 2. The number of hydrogen-bond donors (Lipinski definition) is 5. The summed E-state index contributed by atoms with van der Waals surface area (Å²) >= 11 is 0. The molecule has 0 radical (unpaired) electrons. The predicted molar refractivity (Wildman–Crippen MR) is 128 cm³/mol. The Kier molecular flexibility index (Phi) is 9.99. The van der Waals surface area contributed by atoms with E-state index in [1.807, 2.05) is 18.7 Å². The first-order valence-corrected chi connectivity index (χ1v) is 11.2. The zero-order valence-electron chi connectivity index (χ0n) is 20.3. The van der Waals surface area contributed by atoms with Gasteiger partial charge in [0, 0.05) is 6.54 Å². The first-order valence-electron chi connectivity index (χ1n) is 11.2. The van der Waals surface area contributed by atoms with Crippen molar-refractivity contribution in [2.45, 2.75) is 38.8 Å². The number of aliphatic hydroxyl groups is 2. The fourth-order valence-corrected chi connectivity index (χ4v) is 3.46. The van der Waals surface area contributed by atoms with Crippen molar-refractivity contribution in [3.63, 3.8) is 0 Å². The quantitative estimate of drug-likeness (QED) is 0.286. The fraction of sp³-hybridized carbons (Fsp3) is 0.320. The summed E-state index contributed by atoms with van der Waals surface area (Å²) in [6, 6.07) is 10.3. The summed E-state index contributed by atoms with van der Waals surface area (Å²) < 4.78 is 46.6. The minimum Gasteiger partial charge on any atom is -0.507 e. The number of phenolic OH excluding ortho intramolecular Hbond substituents is 1. The highest BCUT2D eigenvalue weighted by molar-refractivity contribution is 5.87. The summed E-state index contributed by atoms with van der Waals surface area (Å²) in [5.41, 5.74) is -1.24. The summed E-state index contributed by atoms with van der Waals surface area (Å²) in [7, 11) is 0. The van der Waals surface area contributed by atoms with Gasteiger partial charge in [-0.15, -0.1) is 0 Å². The molecule has 2 aromatic carbocycles. The molecule has 2 unspecified atom stereocenters. The van der Waals surface area contributed by atoms with Gasteiger partial charge in [-0.3, -0.25) is 9.69 Å². The third kappa shape index (κ3) is 6.88. The number of halogens is 3. The van der Waals surface area contributed by atoms with Crippen molar-refractivity contribution in [3.8, 4) is 16.9 Å². The monoisotopic (exact) mass is 541 g/mol. The first-order chi connectivity index (χ1) is 17.7. The second-order valence-electron chi connectivity index (χ2n) is 7.97. The van der Waals surface area contributed by atoms with E-state index in [0.717, 1.165) is 0 Å². The molecule has 1 heterocycles. The lowest BCUT2D eigenvalue weighted by Crippen LogP contribution is -2.39. The Balaban J connectivity index is 0.000000432. The van der Waals surface area contributed by atoms with Gasteiger partial charge in [-0.25, -0.2) is 9.59 Å². The number of aliphatic hydroxyl groups excluding tert-OH is 2. The van der Waals surface area contributed by atoms with Gasteiger partial charge in [0.2, 0.25) is 11.2 Å². The molecule has 1 aromatic heterocycles. The predicted octanol–water partition coefficient (Wildman–Crippen LogP) is 2.90. The summed E-state index contributed by atoms with van der Waals surface area (Å²) in [4.78, 5) is 34.5. The van der Waals surface area contributed by atoms with E-state index in [-0.39, 0.29) is 34.4 Å². The number of aromatic hydroxyl groups is 1. The number of carboxylic acids is 2. The molecule has 38 heavy (non-hydrogen) atoms. The van der Waals surface area contributed by atoms with E-state index >= 15 is 0 Å². The van der Waals surface area contributed by atoms with Gasteiger partial charge in [-0.05, 0) is 30.8 Å². The van der Waals surface area contributed by atoms with Gasteiger partial charge in [-0.2, -0.15) is 13.2 Å². The fourth-order valence-electron chi connectivity index (χ4n) is 3.46. The van der Waals surface area contributed by atoms with Crippen LogP contribution in [0.2, 0.25) is 0 Å². The van der Waals surface area contributed by atoms with E-state index in [1.165, 1.54) is 24.3 Å². The van der Waals surface area contributed by atoms with Gasteiger partial charge >= 0.3 is 18.1 Å². The highest BCUT2D eigenvalue weighted by Crippen LogP contribution is 2.39. The molecular formula is C25H26F3NO9. The third-order valence-corrected chi connectivity index (χ3v) is 5.54. The second kappa shape index (κ2) is 12.5. The van der Waals surface area contributed by atoms with Gasteiger partial charge in [0.15, 0.2) is 12.2 Å². The minimum absolute atomic E-state index is 0.00630. The van der Waals surface area contributed by atoms with Crippen molar-refractivity contribution < 1.29 is 52.7 Å². The number of fused-ring (bicyclic) bond motifs is 1. The zero-order valence-corrected chi connectivity index (χ0v) is 20.3. The van der Waals surface area contributed by atoms with Gasteiger partial charge in [0.25, 0.3) is 0 Å². The maximum absolute atomic E-state index is 13.8. The maximum atomic E-state index is 13.8. The standard InChI is InChI=1S/C21H20F3NO3.C4H6O6/c1-3-25(4-2)12-15-16(26)11-10-14-18(27)17(13-8-6-5-7-9-13)20(21(22,23)24)28-19(14)15;5-1(3(7)8)2(6)4(9)10/h5-11,26H,3-4,12H2,1-2H3;1-2,5-6H,(H,7,8)(H,9,10). The van der Waals surface area contributed by atoms with Crippen LogP contribution < -0.4 is 5.43 Å². The van der Waals surface area contributed by atoms with E-state index in [2.05, 4.69) is 0 Å². The number of alkyl halides is 3. The average Bonchev–Trinajstić information content (AvgIpc) is 2.87. The van der Waals surface area contributed by atoms with Crippen molar-refractivity contribution in [2.24, 2.45) is 0 Å². The summed E-state index contributed by atoms with van der Waals surface area (Å²) in [6.07, 6.45) is -9.40. The van der Waals surface area contributed by atoms with Crippen LogP contribution in [-0.4, -0.2) is 67.7 Å². The van der Waals surface area contributed by atoms with Gasteiger partial charge in [0.1, 0.15) is 11.3 Å². The Labute approximate surface area is 213 Å². The zero-order chi connectivity index (χ0) is 28.8. The van der Waals surface area contributed by atoms with Crippen LogP contribution >= 0.6 is 0 Å². The number of hydrogen-bond acceptors (Lipinski definition) is 8. The minimum atomic E-state index is -4.86. The molecule has 3 rings (SSSR count). The smallest absolute Gasteiger partial charge is 0.450 e. The Morgan fingerprint density at radius 1 is 0.947 bits per heavy atom. The number of phenols is 1. The van der Waals surface area contributed by atoms with Gasteiger partial charge in [-0.1, -0.05) is 44.2 Å². The molecule has 0 amide bonds. The lowest BCUT2D eigenvalue weighted by molar-refractivity contribution is -0.165. The van der Waals surface area contributed by atoms with Crippen LogP contribution in [0.5, 0.6) is 5.75 Å². The first kappa shape index (κ1) is 30.3. The Morgan fingerprint density at radius 3 is 1.92 bits per heavy atom. The van der Waals surface area contributed by atoms with E-state index < -0.39 is 47.1 Å². The van der Waals surface area contributed by atoms with E-state index in [1.54, 1.807) is 18.2 Å². The third-order valence-electron chi connectivity index (χ3n) is 5.54. The molecule has 0 aliphatic rings. The van der Waals surface area contributed by atoms with Crippen molar-refractivity contribution in [2.75, 3.05) is 13.1 Å². The lowest BCUT2D eigenvalue weighted by atomic mass is 10.00. The largest absolute Gasteiger partial charge is 0.507 e. The Hall–Kier alpha value is -3.94. The topological polar surface area (TPSA) is 169 Å². The molecule has 3 aromatic rings. The lowest BCUT2D eigenvalue weighted by Gasteiger charge is -2.20. The molecule has 0 fully saturated rings. The summed E-state index contributed by atoms with van der Waals surface area (Å²) in [5, 5.41) is 42.8. The molecule has 0 saturated carbocycles. The van der Waals surface area contributed by atoms with Crippen LogP contribution in [0.15, 0.2) is 51.7 Å². The molecule has 13 heteroatoms. The maximum Gasteiger partial charge on any atom is 0.450 e. The van der Waals surface area contributed by atoms with Crippen molar-refractivity contribution in [1.29, 1.82) is 0 Å². The molecule has 0 aliphatic carbocycles. The molecule has 0 saturated heterocycles. The van der Waals surface area contributed by atoms with E-state index in [4.69, 9.17) is 24.8 Å². The van der Waals surface area contributed by atoms with Crippen LogP contribution in [0.25, 0.3) is 22.1 Å². The van der Waals surface area contributed by atoms with Gasteiger partial charge in [0.05, 0.1) is 16.5 Å². The van der Waals surface area contributed by atoms with Crippen LogP contribution in [0.3, 0.4) is 0 Å². The van der Waals surface area contributed by atoms with E-state index in [9.17, 15) is 32.7 Å². The van der Waals surface area contributed by atoms with Crippen molar-refractivity contribution in [1.82, 2.24) is 4.90 Å². The molecule has 10 nitrogen and oxygen atoms in total. The Morgan fingerprint density at radius 2 is 1.47 bits per heavy atom. The highest BCUT2D eigenvalue weighted by Gasteiger charge is 2.39. The van der Waals surface area contributed by atoms with Gasteiger partial charge < -0.3 is 29.9 Å². The molecule has 5 N–H and O–H groups in total. The van der Waals surface area contributed by atoms with E-state index in [0.29, 0.717) is 13.1 Å². The number of nitrogens with zero attached hydrogens (tertiary/aromatic N) is 1. The van der Waals surface area contributed by atoms with Crippen LogP contribution in [-0.2, 0) is 22.3 Å². The normalized spacial score (nSPS) is 13.1. The molecule has 0 spiro atoms. The SMILES string of the molecule is CCN(CC)Cc1c(O)ccc2c(=O)c(-c3ccccc3)c(C(F)(F)F)oc12.O=C(O)C(O)C(O)C(=O)O. The molecular weight excluding hydrogens is 515 g/mol. The summed E-state index contributed by atoms with van der Waals surface area (Å²) in [6.45, 7) is 5.23. The van der Waals surface area contributed by atoms with Crippen LogP contribution in [0, 0.1) is 0 Å². The molecule has 0 aliphatic heterocycles. The Bertz CT molecular complexity index is 1320. The number of carboxylic acid groups (broad SMARTS) is 2. The second-order valence-corrected chi connectivity index (χ2v) is 7.97. The summed E-state index contributed by atoms with van der Waals surface area (Å²) in [5.74, 6) is -5.10. The molecule has 0 bridgehead atoms. The molecule has 2 atom stereocenters. The van der Waals surface area contributed by atoms with Crippen molar-refractivity contribution >= 4 is 22.9 Å². The highest BCUT2D eigenvalue weighted by atomic mass is 19.4. The van der Waals surface area contributed by atoms with Crippen molar-refractivity contribution in [3.05, 3.63) is 64.0 Å². The average molecular weight is 541 g/mol. The number of aliphatic carboxylic acids is 2. The molecule has 206 valence electrons. The van der Waals surface area contributed by atoms with Crippen LogP contribution in [0.4, 0.5) is 13.2 Å². The number of carbonyl (C=O) groups is 2. The number of rotatable bonds is 8.